The number of amidine groups is 1. The van der Waals surface area contributed by atoms with Gasteiger partial charge in [-0.05, 0) is 67.4 Å². The number of aliphatic hydroxyl groups excluding tert-OH is 2. The number of aliphatic hydroxyl groups is 2. The Hall–Kier alpha value is -3.80. The van der Waals surface area contributed by atoms with Crippen LogP contribution < -0.4 is 10.6 Å². The molecule has 286 valence electrons. The van der Waals surface area contributed by atoms with E-state index in [9.17, 15) is 43.0 Å². The van der Waals surface area contributed by atoms with Crippen molar-refractivity contribution in [1.82, 2.24) is 20.4 Å². The van der Waals surface area contributed by atoms with Crippen LogP contribution in [0.25, 0.3) is 0 Å². The van der Waals surface area contributed by atoms with E-state index >= 15 is 0 Å². The molecule has 3 aliphatic rings. The summed E-state index contributed by atoms with van der Waals surface area (Å²) in [4.78, 5) is 71.3. The lowest BCUT2D eigenvalue weighted by Crippen LogP contribution is -2.54. The standard InChI is InChI=1S/C34H51F2N5O10/c1-19(37-28(46)21(18-49-32(3,4)5)16-22(43)11-12-26(44)51-33(6,7)8)30(48)41-14-9-10-23(41)29(47)39-25-13-15-40(20(2)38-25)31-34(35,36)27(45)24(17-42)50-31/h13,15,19,21,23-24,27,31,42,45H,2,9-12,14,16-18H2,1,3-8H3,(H,37,46)(H,38,39,47)/t19-,21+,23+,24?,27?,31?/m1/s1. The zero-order valence-corrected chi connectivity index (χ0v) is 30.2. The Morgan fingerprint density at radius 2 is 1.80 bits per heavy atom. The molecule has 3 amide bonds. The molecule has 3 rings (SSSR count). The molecule has 4 N–H and O–H groups in total. The minimum Gasteiger partial charge on any atom is -0.460 e. The minimum atomic E-state index is -3.76. The summed E-state index contributed by atoms with van der Waals surface area (Å²) in [5.74, 6) is -7.62. The van der Waals surface area contributed by atoms with Crippen molar-refractivity contribution < 1.29 is 57.2 Å². The topological polar surface area (TPSA) is 196 Å². The highest BCUT2D eigenvalue weighted by atomic mass is 19.3. The maximum Gasteiger partial charge on any atom is 0.320 e. The summed E-state index contributed by atoms with van der Waals surface area (Å²) in [6.07, 6.45) is -3.11. The molecule has 0 saturated carbocycles. The van der Waals surface area contributed by atoms with Gasteiger partial charge in [-0.1, -0.05) is 6.58 Å². The van der Waals surface area contributed by atoms with Gasteiger partial charge in [0, 0.05) is 25.6 Å². The maximum absolute atomic E-state index is 14.6. The third-order valence-electron chi connectivity index (χ3n) is 8.16. The first-order valence-corrected chi connectivity index (χ1v) is 16.9. The molecule has 51 heavy (non-hydrogen) atoms. The largest absolute Gasteiger partial charge is 0.460 e. The normalized spacial score (nSPS) is 24.5. The average molecular weight is 728 g/mol. The third kappa shape index (κ3) is 11.3. The number of hydrogen-bond acceptors (Lipinski definition) is 12. The number of hydrogen-bond donors (Lipinski definition) is 4. The first-order valence-electron chi connectivity index (χ1n) is 16.9. The molecular weight excluding hydrogens is 676 g/mol. The van der Waals surface area contributed by atoms with E-state index in [0.29, 0.717) is 12.8 Å². The Balaban J connectivity index is 1.61. The minimum absolute atomic E-state index is 0.0412. The van der Waals surface area contributed by atoms with Crippen molar-refractivity contribution in [2.24, 2.45) is 10.9 Å². The molecule has 3 heterocycles. The lowest BCUT2D eigenvalue weighted by molar-refractivity contribution is -0.155. The number of nitrogens with one attached hydrogen (secondary N) is 2. The Morgan fingerprint density at radius 1 is 1.14 bits per heavy atom. The van der Waals surface area contributed by atoms with Crippen LogP contribution in [0.1, 0.15) is 80.6 Å². The van der Waals surface area contributed by atoms with Crippen LogP contribution in [0.5, 0.6) is 0 Å². The van der Waals surface area contributed by atoms with Gasteiger partial charge in [0.2, 0.25) is 23.9 Å². The van der Waals surface area contributed by atoms with Crippen LogP contribution in [0, 0.1) is 5.92 Å². The Morgan fingerprint density at radius 3 is 2.37 bits per heavy atom. The fourth-order valence-electron chi connectivity index (χ4n) is 5.62. The van der Waals surface area contributed by atoms with Crippen molar-refractivity contribution in [2.75, 3.05) is 19.8 Å². The molecule has 15 nitrogen and oxygen atoms in total. The van der Waals surface area contributed by atoms with E-state index in [4.69, 9.17) is 14.2 Å². The van der Waals surface area contributed by atoms with Crippen LogP contribution in [0.15, 0.2) is 29.7 Å². The molecule has 0 aromatic rings. The van der Waals surface area contributed by atoms with E-state index in [1.54, 1.807) is 41.5 Å². The number of esters is 1. The molecule has 0 radical (unpaired) electrons. The second-order valence-corrected chi connectivity index (χ2v) is 14.8. The summed E-state index contributed by atoms with van der Waals surface area (Å²) in [5.41, 5.74) is -1.33. The van der Waals surface area contributed by atoms with Gasteiger partial charge in [0.25, 0.3) is 0 Å². The number of rotatable bonds is 13. The Labute approximate surface area is 296 Å². The Bertz CT molecular complexity index is 1410. The van der Waals surface area contributed by atoms with Gasteiger partial charge in [0.05, 0.1) is 31.2 Å². The highest BCUT2D eigenvalue weighted by Crippen LogP contribution is 2.39. The van der Waals surface area contributed by atoms with E-state index in [0.717, 1.165) is 11.1 Å². The summed E-state index contributed by atoms with van der Waals surface area (Å²) in [6.45, 7) is 14.9. The van der Waals surface area contributed by atoms with Crippen LogP contribution in [0.4, 0.5) is 8.78 Å². The molecule has 6 atom stereocenters. The first kappa shape index (κ1) is 41.6. The van der Waals surface area contributed by atoms with E-state index in [1.165, 1.54) is 17.9 Å². The van der Waals surface area contributed by atoms with Gasteiger partial charge in [0.15, 0.2) is 6.10 Å². The second-order valence-electron chi connectivity index (χ2n) is 14.8. The number of carbonyl (C=O) groups excluding carboxylic acids is 5. The maximum atomic E-state index is 14.6. The van der Waals surface area contributed by atoms with E-state index in [1.807, 2.05) is 0 Å². The van der Waals surface area contributed by atoms with Crippen LogP contribution in [-0.4, -0.2) is 123 Å². The lowest BCUT2D eigenvalue weighted by Gasteiger charge is -2.32. The van der Waals surface area contributed by atoms with Gasteiger partial charge < -0.3 is 44.9 Å². The van der Waals surface area contributed by atoms with Crippen molar-refractivity contribution >= 4 is 35.3 Å². The van der Waals surface area contributed by atoms with E-state index < -0.39 is 83.9 Å². The molecule has 3 unspecified atom stereocenters. The summed E-state index contributed by atoms with van der Waals surface area (Å²) in [7, 11) is 0. The molecule has 0 bridgehead atoms. The van der Waals surface area contributed by atoms with Crippen molar-refractivity contribution in [2.45, 2.75) is 128 Å². The predicted octanol–water partition coefficient (Wildman–Crippen LogP) is 1.52. The highest BCUT2D eigenvalue weighted by molar-refractivity contribution is 6.07. The number of nitrogens with zero attached hydrogens (tertiary/aromatic N) is 3. The molecule has 0 spiro atoms. The first-order chi connectivity index (χ1) is 23.5. The number of amides is 3. The quantitative estimate of drug-likeness (QED) is 0.201. The SMILES string of the molecule is C=C1N=C(NC(=O)[C@@H]2CCCN2C(=O)[C@@H](C)NC(=O)[C@H](COC(C)(C)C)CC(=O)CCC(=O)OC(C)(C)C)C=CN1C1OC(CO)C(O)C1(F)F. The smallest absolute Gasteiger partial charge is 0.320 e. The molecule has 2 fully saturated rings. The van der Waals surface area contributed by atoms with Gasteiger partial charge in [-0.2, -0.15) is 8.78 Å². The summed E-state index contributed by atoms with van der Waals surface area (Å²) in [5, 5.41) is 24.3. The van der Waals surface area contributed by atoms with Gasteiger partial charge in [-0.3, -0.25) is 24.0 Å². The summed E-state index contributed by atoms with van der Waals surface area (Å²) in [6, 6.07) is -2.01. The number of halogens is 2. The van der Waals surface area contributed by atoms with Gasteiger partial charge in [0.1, 0.15) is 41.2 Å². The monoisotopic (exact) mass is 727 g/mol. The van der Waals surface area contributed by atoms with Gasteiger partial charge >= 0.3 is 11.9 Å². The molecule has 0 aromatic heterocycles. The lowest BCUT2D eigenvalue weighted by atomic mass is 9.99. The molecule has 0 aromatic carbocycles. The third-order valence-corrected chi connectivity index (χ3v) is 8.16. The zero-order valence-electron chi connectivity index (χ0n) is 30.2. The Kier molecular flexibility index (Phi) is 13.6. The van der Waals surface area contributed by atoms with Crippen molar-refractivity contribution in [1.29, 1.82) is 0 Å². The highest BCUT2D eigenvalue weighted by Gasteiger charge is 2.60. The van der Waals surface area contributed by atoms with Crippen LogP contribution in [0.3, 0.4) is 0 Å². The molecule has 17 heteroatoms. The molecule has 3 aliphatic heterocycles. The van der Waals surface area contributed by atoms with Crippen LogP contribution in [-0.2, 0) is 38.2 Å². The van der Waals surface area contributed by atoms with E-state index in [-0.39, 0.29) is 49.9 Å². The number of likely N-dealkylation sites (tertiary alicyclic amines) is 1. The number of ketones is 1. The predicted molar refractivity (Wildman–Crippen MR) is 179 cm³/mol. The van der Waals surface area contributed by atoms with Gasteiger partial charge in [-0.15, -0.1) is 0 Å². The van der Waals surface area contributed by atoms with Crippen LogP contribution in [0.2, 0.25) is 0 Å². The average Bonchev–Trinajstić information content (AvgIpc) is 3.59. The van der Waals surface area contributed by atoms with Gasteiger partial charge in [-0.25, -0.2) is 4.99 Å². The number of ether oxygens (including phenoxy) is 3. The fraction of sp³-hybridized carbons (Fsp3) is 0.706. The number of Topliss-reactive ketones (excluding diaryl/α,β-unsaturated/α-hetero) is 1. The molecular formula is C34H51F2N5O10. The summed E-state index contributed by atoms with van der Waals surface area (Å²) >= 11 is 0. The van der Waals surface area contributed by atoms with Crippen LogP contribution >= 0.6 is 0 Å². The molecule has 2 saturated heterocycles. The fourth-order valence-corrected chi connectivity index (χ4v) is 5.62. The number of aliphatic imine (C=N–C) groups is 1. The number of alkyl halides is 2. The van der Waals surface area contributed by atoms with Crippen molar-refractivity contribution in [3.05, 3.63) is 24.7 Å². The van der Waals surface area contributed by atoms with E-state index in [2.05, 4.69) is 22.2 Å². The second kappa shape index (κ2) is 16.7. The zero-order chi connectivity index (χ0) is 38.5. The molecule has 0 aliphatic carbocycles. The van der Waals surface area contributed by atoms with Crippen molar-refractivity contribution in [3.63, 3.8) is 0 Å². The van der Waals surface area contributed by atoms with Crippen molar-refractivity contribution in [3.8, 4) is 0 Å². The summed E-state index contributed by atoms with van der Waals surface area (Å²) < 4.78 is 45.4. The number of carbonyl (C=O) groups is 5.